The maximum absolute atomic E-state index is 12.1. The van der Waals surface area contributed by atoms with Crippen molar-refractivity contribution < 1.29 is 23.4 Å². The van der Waals surface area contributed by atoms with E-state index in [2.05, 4.69) is 10.3 Å². The van der Waals surface area contributed by atoms with E-state index in [1.165, 1.54) is 18.3 Å². The molecule has 1 aliphatic carbocycles. The average Bonchev–Trinajstić information content (AvgIpc) is 2.34. The third kappa shape index (κ3) is 3.63. The van der Waals surface area contributed by atoms with Gasteiger partial charge in [0.2, 0.25) is 5.88 Å². The van der Waals surface area contributed by atoms with Gasteiger partial charge in [0, 0.05) is 12.2 Å². The number of pyridine rings is 1. The van der Waals surface area contributed by atoms with E-state index in [-0.39, 0.29) is 17.5 Å². The molecule has 0 aliphatic heterocycles. The van der Waals surface area contributed by atoms with Crippen molar-refractivity contribution in [1.29, 1.82) is 0 Å². The van der Waals surface area contributed by atoms with Crippen molar-refractivity contribution in [2.24, 2.45) is 0 Å². The highest BCUT2D eigenvalue weighted by Crippen LogP contribution is 2.31. The van der Waals surface area contributed by atoms with Gasteiger partial charge in [0.15, 0.2) is 6.61 Å². The zero-order valence-corrected chi connectivity index (χ0v) is 11.0. The molecule has 0 atom stereocenters. The Morgan fingerprint density at radius 3 is 2.95 bits per heavy atom. The molecule has 0 bridgehead atoms. The number of carbonyl (C=O) groups excluding carboxylic acids is 1. The molecule has 0 aromatic carbocycles. The summed E-state index contributed by atoms with van der Waals surface area (Å²) in [6.45, 7) is 0.881. The molecule has 1 saturated carbocycles. The van der Waals surface area contributed by atoms with Crippen LogP contribution in [0.3, 0.4) is 0 Å². The number of amides is 1. The maximum atomic E-state index is 12.1. The summed E-state index contributed by atoms with van der Waals surface area (Å²) >= 11 is 0. The minimum absolute atomic E-state index is 0.111. The molecule has 5 nitrogen and oxygen atoms in total. The summed E-state index contributed by atoms with van der Waals surface area (Å²) in [6, 6.07) is 2.86. The molecular weight excluding hydrogens is 270 g/mol. The maximum Gasteiger partial charge on any atom is 0.272 e. The lowest BCUT2D eigenvalue weighted by Crippen LogP contribution is -2.53. The van der Waals surface area contributed by atoms with Gasteiger partial charge < -0.3 is 15.2 Å². The van der Waals surface area contributed by atoms with Gasteiger partial charge in [-0.3, -0.25) is 4.79 Å². The van der Waals surface area contributed by atoms with Crippen molar-refractivity contribution >= 4 is 5.91 Å². The first kappa shape index (κ1) is 14.6. The van der Waals surface area contributed by atoms with Crippen LogP contribution < -0.4 is 10.1 Å². The lowest BCUT2D eigenvalue weighted by molar-refractivity contribution is -0.0367. The first-order valence-corrected chi connectivity index (χ1v) is 6.26. The molecule has 20 heavy (non-hydrogen) atoms. The Hall–Kier alpha value is -1.76. The van der Waals surface area contributed by atoms with Crippen LogP contribution in [0.5, 0.6) is 5.88 Å². The molecule has 2 N–H and O–H groups in total. The SMILES string of the molecule is CC1(O)CC(NC(=O)c2cccnc2OCC(F)F)C1. The zero-order valence-electron chi connectivity index (χ0n) is 11.0. The number of carbonyl (C=O) groups is 1. The summed E-state index contributed by atoms with van der Waals surface area (Å²) in [5, 5.41) is 12.3. The van der Waals surface area contributed by atoms with Crippen molar-refractivity contribution in [2.75, 3.05) is 6.61 Å². The highest BCUT2D eigenvalue weighted by atomic mass is 19.3. The van der Waals surface area contributed by atoms with E-state index in [0.29, 0.717) is 12.8 Å². The lowest BCUT2D eigenvalue weighted by Gasteiger charge is -2.41. The van der Waals surface area contributed by atoms with Crippen LogP contribution in [0.25, 0.3) is 0 Å². The Kier molecular flexibility index (Phi) is 4.17. The molecule has 1 amide bonds. The lowest BCUT2D eigenvalue weighted by atomic mass is 9.77. The van der Waals surface area contributed by atoms with E-state index >= 15 is 0 Å². The van der Waals surface area contributed by atoms with Crippen molar-refractivity contribution in [3.05, 3.63) is 23.9 Å². The number of rotatable bonds is 5. The minimum atomic E-state index is -2.63. The second-order valence-electron chi connectivity index (χ2n) is 5.13. The molecule has 1 aliphatic rings. The highest BCUT2D eigenvalue weighted by molar-refractivity contribution is 5.96. The number of halogens is 2. The van der Waals surface area contributed by atoms with Crippen LogP contribution >= 0.6 is 0 Å². The van der Waals surface area contributed by atoms with Crippen molar-refractivity contribution in [1.82, 2.24) is 10.3 Å². The topological polar surface area (TPSA) is 71.5 Å². The van der Waals surface area contributed by atoms with Crippen LogP contribution in [0, 0.1) is 0 Å². The average molecular weight is 286 g/mol. The number of nitrogens with zero attached hydrogens (tertiary/aromatic N) is 1. The van der Waals surface area contributed by atoms with Crippen LogP contribution in [-0.4, -0.2) is 40.7 Å². The van der Waals surface area contributed by atoms with Gasteiger partial charge in [0.1, 0.15) is 5.56 Å². The first-order chi connectivity index (χ1) is 9.37. The molecule has 7 heteroatoms. The molecule has 0 spiro atoms. The Bertz CT molecular complexity index is 486. The quantitative estimate of drug-likeness (QED) is 0.857. The second-order valence-corrected chi connectivity index (χ2v) is 5.13. The molecule has 1 aromatic rings. The summed E-state index contributed by atoms with van der Waals surface area (Å²) in [4.78, 5) is 15.8. The van der Waals surface area contributed by atoms with E-state index in [1.54, 1.807) is 6.92 Å². The molecule has 0 radical (unpaired) electrons. The highest BCUT2D eigenvalue weighted by Gasteiger charge is 2.39. The van der Waals surface area contributed by atoms with Gasteiger partial charge in [0.05, 0.1) is 5.60 Å². The summed E-state index contributed by atoms with van der Waals surface area (Å²) in [7, 11) is 0. The first-order valence-electron chi connectivity index (χ1n) is 6.26. The fourth-order valence-corrected chi connectivity index (χ4v) is 2.19. The summed E-state index contributed by atoms with van der Waals surface area (Å²) < 4.78 is 29.1. The van der Waals surface area contributed by atoms with Gasteiger partial charge >= 0.3 is 0 Å². The van der Waals surface area contributed by atoms with Crippen LogP contribution in [0.1, 0.15) is 30.1 Å². The molecular formula is C13H16F2N2O3. The fraction of sp³-hybridized carbons (Fsp3) is 0.538. The third-order valence-corrected chi connectivity index (χ3v) is 3.07. The van der Waals surface area contributed by atoms with Crippen LogP contribution in [0.15, 0.2) is 18.3 Å². The summed E-state index contributed by atoms with van der Waals surface area (Å²) in [5.74, 6) is -0.556. The second kappa shape index (κ2) is 5.70. The van der Waals surface area contributed by atoms with Crippen LogP contribution in [0.4, 0.5) is 8.78 Å². The van der Waals surface area contributed by atoms with E-state index < -0.39 is 24.5 Å². The molecule has 0 unspecified atom stereocenters. The van der Waals surface area contributed by atoms with Crippen molar-refractivity contribution in [3.8, 4) is 5.88 Å². The van der Waals surface area contributed by atoms with E-state index in [9.17, 15) is 18.7 Å². The van der Waals surface area contributed by atoms with Crippen LogP contribution in [-0.2, 0) is 0 Å². The number of hydrogen-bond donors (Lipinski definition) is 2. The van der Waals surface area contributed by atoms with Gasteiger partial charge in [-0.15, -0.1) is 0 Å². The predicted octanol–water partition coefficient (Wildman–Crippen LogP) is 1.37. The number of ether oxygens (including phenoxy) is 1. The number of aromatic nitrogens is 1. The molecule has 1 fully saturated rings. The Balaban J connectivity index is 1.99. The number of nitrogens with one attached hydrogen (secondary N) is 1. The summed E-state index contributed by atoms with van der Waals surface area (Å²) in [5.41, 5.74) is -0.637. The number of hydrogen-bond acceptors (Lipinski definition) is 4. The molecule has 0 saturated heterocycles. The van der Waals surface area contributed by atoms with Crippen LogP contribution in [0.2, 0.25) is 0 Å². The van der Waals surface area contributed by atoms with E-state index in [4.69, 9.17) is 4.74 Å². The van der Waals surface area contributed by atoms with Gasteiger partial charge in [-0.2, -0.15) is 0 Å². The number of alkyl halides is 2. The Labute approximate surface area is 115 Å². The molecule has 1 heterocycles. The van der Waals surface area contributed by atoms with Gasteiger partial charge in [-0.25, -0.2) is 13.8 Å². The smallest absolute Gasteiger partial charge is 0.272 e. The minimum Gasteiger partial charge on any atom is -0.471 e. The van der Waals surface area contributed by atoms with Gasteiger partial charge in [-0.05, 0) is 31.9 Å². The van der Waals surface area contributed by atoms with Gasteiger partial charge in [0.25, 0.3) is 12.3 Å². The predicted molar refractivity (Wildman–Crippen MR) is 66.8 cm³/mol. The molecule has 1 aromatic heterocycles. The zero-order chi connectivity index (χ0) is 14.8. The Morgan fingerprint density at radius 1 is 1.65 bits per heavy atom. The standard InChI is InChI=1S/C13H16F2N2O3/c1-13(19)5-8(6-13)17-11(18)9-3-2-4-16-12(9)20-7-10(14)15/h2-4,8,10,19H,5-7H2,1H3,(H,17,18). The van der Waals surface area contributed by atoms with Crippen molar-refractivity contribution in [2.45, 2.75) is 37.8 Å². The van der Waals surface area contributed by atoms with E-state index in [0.717, 1.165) is 0 Å². The third-order valence-electron chi connectivity index (χ3n) is 3.07. The Morgan fingerprint density at radius 2 is 2.35 bits per heavy atom. The number of aliphatic hydroxyl groups is 1. The monoisotopic (exact) mass is 286 g/mol. The van der Waals surface area contributed by atoms with E-state index in [1.807, 2.05) is 0 Å². The van der Waals surface area contributed by atoms with Crippen molar-refractivity contribution in [3.63, 3.8) is 0 Å². The summed E-state index contributed by atoms with van der Waals surface area (Å²) in [6.07, 6.45) is -0.334. The molecule has 110 valence electrons. The normalized spacial score (nSPS) is 25.1. The largest absolute Gasteiger partial charge is 0.471 e. The van der Waals surface area contributed by atoms with Gasteiger partial charge in [-0.1, -0.05) is 0 Å². The molecule has 2 rings (SSSR count). The fourth-order valence-electron chi connectivity index (χ4n) is 2.19.